The Hall–Kier alpha value is -1.00. The molecule has 0 radical (unpaired) electrons. The van der Waals surface area contributed by atoms with Gasteiger partial charge in [0.15, 0.2) is 0 Å². The zero-order valence-electron chi connectivity index (χ0n) is 13.2. The smallest absolute Gasteiger partial charge is 0.243 e. The van der Waals surface area contributed by atoms with Crippen molar-refractivity contribution in [1.29, 1.82) is 0 Å². The standard InChI is InChI=1S/C15H21N3O4S2/c19-23(20,17-13-1-2-13)14-3-5-15(6-4-14)24(21,22)18-9-11-7-16-8-12(11)10-18/h3-6,11-13,16-17H,1-2,7-10H2/t11-,12+. The van der Waals surface area contributed by atoms with Gasteiger partial charge >= 0.3 is 0 Å². The van der Waals surface area contributed by atoms with Crippen LogP contribution in [-0.4, -0.2) is 53.4 Å². The second kappa shape index (κ2) is 5.77. The first-order chi connectivity index (χ1) is 11.4. The van der Waals surface area contributed by atoms with Gasteiger partial charge in [0.05, 0.1) is 9.79 Å². The summed E-state index contributed by atoms with van der Waals surface area (Å²) >= 11 is 0. The summed E-state index contributed by atoms with van der Waals surface area (Å²) < 4.78 is 53.9. The van der Waals surface area contributed by atoms with Gasteiger partial charge in [0, 0.05) is 19.1 Å². The van der Waals surface area contributed by atoms with Crippen LogP contribution in [0.5, 0.6) is 0 Å². The summed E-state index contributed by atoms with van der Waals surface area (Å²) in [5.41, 5.74) is 0. The molecule has 7 nitrogen and oxygen atoms in total. The fourth-order valence-electron chi connectivity index (χ4n) is 3.44. The van der Waals surface area contributed by atoms with Crippen LogP contribution in [0.2, 0.25) is 0 Å². The minimum absolute atomic E-state index is 0.0241. The highest BCUT2D eigenvalue weighted by molar-refractivity contribution is 7.89. The van der Waals surface area contributed by atoms with Gasteiger partial charge in [-0.2, -0.15) is 4.31 Å². The minimum atomic E-state index is -3.56. The molecular formula is C15H21N3O4S2. The summed E-state index contributed by atoms with van der Waals surface area (Å²) in [7, 11) is -7.12. The molecule has 1 aromatic rings. The number of hydrogen-bond donors (Lipinski definition) is 2. The number of rotatable bonds is 5. The van der Waals surface area contributed by atoms with E-state index in [4.69, 9.17) is 0 Å². The molecule has 1 saturated carbocycles. The molecule has 4 rings (SSSR count). The summed E-state index contributed by atoms with van der Waals surface area (Å²) in [6, 6.07) is 5.55. The fraction of sp³-hybridized carbons (Fsp3) is 0.600. The normalized spacial score (nSPS) is 28.2. The molecule has 2 N–H and O–H groups in total. The summed E-state index contributed by atoms with van der Waals surface area (Å²) in [5.74, 6) is 0.754. The first kappa shape index (κ1) is 16.5. The molecule has 0 aromatic heterocycles. The van der Waals surface area contributed by atoms with E-state index in [2.05, 4.69) is 10.0 Å². The molecule has 2 aliphatic heterocycles. The van der Waals surface area contributed by atoms with E-state index in [1.807, 2.05) is 0 Å². The molecule has 0 spiro atoms. The maximum absolute atomic E-state index is 12.8. The highest BCUT2D eigenvalue weighted by Gasteiger charge is 2.41. The zero-order valence-corrected chi connectivity index (χ0v) is 14.8. The highest BCUT2D eigenvalue weighted by Crippen LogP contribution is 2.31. The van der Waals surface area contributed by atoms with Crippen LogP contribution in [0.1, 0.15) is 12.8 Å². The molecule has 0 amide bonds. The maximum Gasteiger partial charge on any atom is 0.243 e. The molecule has 2 heterocycles. The van der Waals surface area contributed by atoms with Gasteiger partial charge in [0.2, 0.25) is 20.0 Å². The molecule has 24 heavy (non-hydrogen) atoms. The van der Waals surface area contributed by atoms with E-state index in [0.29, 0.717) is 24.9 Å². The molecule has 132 valence electrons. The Morgan fingerprint density at radius 2 is 1.46 bits per heavy atom. The predicted molar refractivity (Wildman–Crippen MR) is 88.4 cm³/mol. The minimum Gasteiger partial charge on any atom is -0.316 e. The van der Waals surface area contributed by atoms with Crippen LogP contribution in [0, 0.1) is 11.8 Å². The molecule has 9 heteroatoms. The Labute approximate surface area is 142 Å². The summed E-state index contributed by atoms with van der Waals surface area (Å²) in [6.45, 7) is 2.79. The van der Waals surface area contributed by atoms with Crippen LogP contribution >= 0.6 is 0 Å². The Balaban J connectivity index is 1.53. The van der Waals surface area contributed by atoms with Crippen molar-refractivity contribution < 1.29 is 16.8 Å². The average molecular weight is 371 g/mol. The molecule has 3 aliphatic rings. The van der Waals surface area contributed by atoms with E-state index in [1.54, 1.807) is 0 Å². The monoisotopic (exact) mass is 371 g/mol. The molecule has 1 aliphatic carbocycles. The van der Waals surface area contributed by atoms with Crippen molar-refractivity contribution in [3.8, 4) is 0 Å². The van der Waals surface area contributed by atoms with Crippen LogP contribution in [0.4, 0.5) is 0 Å². The first-order valence-electron chi connectivity index (χ1n) is 8.19. The van der Waals surface area contributed by atoms with Gasteiger partial charge in [-0.15, -0.1) is 0 Å². The van der Waals surface area contributed by atoms with Gasteiger partial charge in [-0.3, -0.25) is 0 Å². The lowest BCUT2D eigenvalue weighted by Gasteiger charge is -2.17. The van der Waals surface area contributed by atoms with E-state index in [-0.39, 0.29) is 15.8 Å². The van der Waals surface area contributed by atoms with Gasteiger partial charge in [-0.25, -0.2) is 21.6 Å². The van der Waals surface area contributed by atoms with E-state index >= 15 is 0 Å². The Morgan fingerprint density at radius 3 is 2.00 bits per heavy atom. The third kappa shape index (κ3) is 2.99. The van der Waals surface area contributed by atoms with Crippen LogP contribution in [0.15, 0.2) is 34.1 Å². The molecule has 0 unspecified atom stereocenters. The number of sulfonamides is 2. The number of fused-ring (bicyclic) bond motifs is 1. The van der Waals surface area contributed by atoms with Gasteiger partial charge < -0.3 is 5.32 Å². The van der Waals surface area contributed by atoms with E-state index in [1.165, 1.54) is 28.6 Å². The molecular weight excluding hydrogens is 350 g/mol. The quantitative estimate of drug-likeness (QED) is 0.758. The average Bonchev–Trinajstić information content (AvgIpc) is 3.07. The van der Waals surface area contributed by atoms with Gasteiger partial charge in [0.25, 0.3) is 0 Å². The van der Waals surface area contributed by atoms with E-state index in [0.717, 1.165) is 25.9 Å². The topological polar surface area (TPSA) is 95.6 Å². The van der Waals surface area contributed by atoms with Crippen molar-refractivity contribution >= 4 is 20.0 Å². The van der Waals surface area contributed by atoms with Crippen molar-refractivity contribution in [2.45, 2.75) is 28.7 Å². The zero-order chi connectivity index (χ0) is 16.9. The number of nitrogens with one attached hydrogen (secondary N) is 2. The van der Waals surface area contributed by atoms with Crippen LogP contribution < -0.4 is 10.0 Å². The van der Waals surface area contributed by atoms with Crippen molar-refractivity contribution in [2.75, 3.05) is 26.2 Å². The van der Waals surface area contributed by atoms with Crippen molar-refractivity contribution in [3.05, 3.63) is 24.3 Å². The Kier molecular flexibility index (Phi) is 3.96. The van der Waals surface area contributed by atoms with E-state index in [9.17, 15) is 16.8 Å². The predicted octanol–water partition coefficient (Wildman–Crippen LogP) is -0.0328. The summed E-state index contributed by atoms with van der Waals surface area (Å²) in [5, 5.41) is 3.29. The molecule has 2 atom stereocenters. The molecule has 2 saturated heterocycles. The second-order valence-corrected chi connectivity index (χ2v) is 10.5. The molecule has 1 aromatic carbocycles. The van der Waals surface area contributed by atoms with Crippen molar-refractivity contribution in [1.82, 2.24) is 14.3 Å². The lowest BCUT2D eigenvalue weighted by molar-refractivity contribution is 0.448. The third-order valence-electron chi connectivity index (χ3n) is 5.03. The third-order valence-corrected chi connectivity index (χ3v) is 8.41. The van der Waals surface area contributed by atoms with Crippen molar-refractivity contribution in [3.63, 3.8) is 0 Å². The number of nitrogens with zero attached hydrogens (tertiary/aromatic N) is 1. The Bertz CT molecular complexity index is 820. The van der Waals surface area contributed by atoms with Gasteiger partial charge in [-0.05, 0) is 62.0 Å². The highest BCUT2D eigenvalue weighted by atomic mass is 32.2. The van der Waals surface area contributed by atoms with Crippen LogP contribution in [0.3, 0.4) is 0 Å². The first-order valence-corrected chi connectivity index (χ1v) is 11.1. The summed E-state index contributed by atoms with van der Waals surface area (Å²) in [6.07, 6.45) is 1.72. The number of benzene rings is 1. The van der Waals surface area contributed by atoms with Crippen molar-refractivity contribution in [2.24, 2.45) is 11.8 Å². The lowest BCUT2D eigenvalue weighted by atomic mass is 10.0. The summed E-state index contributed by atoms with van der Waals surface area (Å²) in [4.78, 5) is 0.261. The van der Waals surface area contributed by atoms with Crippen LogP contribution in [-0.2, 0) is 20.0 Å². The fourth-order valence-corrected chi connectivity index (χ4v) is 6.30. The van der Waals surface area contributed by atoms with Gasteiger partial charge in [0.1, 0.15) is 0 Å². The maximum atomic E-state index is 12.8. The Morgan fingerprint density at radius 1 is 0.917 bits per heavy atom. The molecule has 3 fully saturated rings. The lowest BCUT2D eigenvalue weighted by Crippen LogP contribution is -2.32. The second-order valence-electron chi connectivity index (χ2n) is 6.87. The SMILES string of the molecule is O=S(=O)(NC1CC1)c1ccc(S(=O)(=O)N2C[C@H]3CNC[C@H]3C2)cc1. The van der Waals surface area contributed by atoms with E-state index < -0.39 is 20.0 Å². The number of hydrogen-bond acceptors (Lipinski definition) is 5. The largest absolute Gasteiger partial charge is 0.316 e. The van der Waals surface area contributed by atoms with Crippen LogP contribution in [0.25, 0.3) is 0 Å². The molecule has 0 bridgehead atoms. The van der Waals surface area contributed by atoms with Gasteiger partial charge in [-0.1, -0.05) is 0 Å².